The predicted molar refractivity (Wildman–Crippen MR) is 173 cm³/mol. The highest BCUT2D eigenvalue weighted by atomic mass is 16.6. The van der Waals surface area contributed by atoms with E-state index in [0.29, 0.717) is 13.0 Å². The summed E-state index contributed by atoms with van der Waals surface area (Å²) in [6, 6.07) is 19.0. The van der Waals surface area contributed by atoms with Gasteiger partial charge in [-0.2, -0.15) is 0 Å². The molecular weight excluding hydrogens is 506 g/mol. The van der Waals surface area contributed by atoms with Crippen LogP contribution in [0.2, 0.25) is 0 Å². The highest BCUT2D eigenvalue weighted by Crippen LogP contribution is 2.23. The van der Waals surface area contributed by atoms with E-state index in [9.17, 15) is 4.79 Å². The second-order valence-electron chi connectivity index (χ2n) is 12.5. The number of hydrogen-bond donors (Lipinski definition) is 0. The lowest BCUT2D eigenvalue weighted by Crippen LogP contribution is -2.39. The van der Waals surface area contributed by atoms with Crippen molar-refractivity contribution in [2.75, 3.05) is 27.2 Å². The van der Waals surface area contributed by atoms with Crippen molar-refractivity contribution >= 4 is 5.97 Å². The Kier molecular flexibility index (Phi) is 18.2. The summed E-state index contributed by atoms with van der Waals surface area (Å²) in [5.41, 5.74) is 2.62. The first-order valence-electron chi connectivity index (χ1n) is 16.7. The molecule has 0 aliphatic carbocycles. The molecule has 0 bridgehead atoms. The Balaban J connectivity index is 1.61. The zero-order chi connectivity index (χ0) is 29.6. The Hall–Kier alpha value is -2.33. The van der Waals surface area contributed by atoms with Crippen molar-refractivity contribution in [3.63, 3.8) is 0 Å². The number of carbonyl (C=O) groups excluding carboxylic acids is 1. The maximum Gasteiger partial charge on any atom is 0.305 e. The van der Waals surface area contributed by atoms with Crippen LogP contribution in [0.4, 0.5) is 0 Å². The monoisotopic (exact) mass is 566 g/mol. The molecule has 2 aromatic rings. The summed E-state index contributed by atoms with van der Waals surface area (Å²) in [4.78, 5) is 12.4. The molecule has 0 fully saturated rings. The summed E-state index contributed by atoms with van der Waals surface area (Å²) in [5, 5.41) is 0. The fourth-order valence-electron chi connectivity index (χ4n) is 5.44. The molecule has 0 aromatic heterocycles. The SMILES string of the molecule is CCCCCCCCCCCCCc1ccccc1OC(CC)COC(=O)CCCC[N+](C)(C)Cc1ccccc1. The van der Waals surface area contributed by atoms with Gasteiger partial charge in [-0.3, -0.25) is 4.79 Å². The van der Waals surface area contributed by atoms with Gasteiger partial charge in [-0.1, -0.05) is 127 Å². The standard InChI is InChI=1S/C37H60NO3/c1-5-7-8-9-10-11-12-13-14-15-19-26-34-27-20-21-28-36(34)41-35(6-2)32-40-37(39)29-22-23-30-38(3,4)31-33-24-17-16-18-25-33/h16-18,20-21,24-25,27-28,35H,5-15,19,22-23,26,29-32H2,1-4H3/q+1. The van der Waals surface area contributed by atoms with Crippen molar-refractivity contribution in [1.82, 2.24) is 0 Å². The number of carbonyl (C=O) groups is 1. The predicted octanol–water partition coefficient (Wildman–Crippen LogP) is 9.69. The lowest BCUT2D eigenvalue weighted by molar-refractivity contribution is -0.903. The number of para-hydroxylation sites is 1. The van der Waals surface area contributed by atoms with E-state index in [1.54, 1.807) is 0 Å². The molecule has 1 atom stereocenters. The molecule has 0 amide bonds. The minimum absolute atomic E-state index is 0.112. The zero-order valence-corrected chi connectivity index (χ0v) is 26.9. The van der Waals surface area contributed by atoms with Crippen molar-refractivity contribution in [3.8, 4) is 5.75 Å². The number of nitrogens with zero attached hydrogens (tertiary/aromatic N) is 1. The number of esters is 1. The smallest absolute Gasteiger partial charge is 0.305 e. The second kappa shape index (κ2) is 21.4. The van der Waals surface area contributed by atoms with Crippen LogP contribution < -0.4 is 4.74 Å². The van der Waals surface area contributed by atoms with E-state index in [-0.39, 0.29) is 12.1 Å². The molecule has 0 N–H and O–H groups in total. The number of rotatable bonds is 24. The van der Waals surface area contributed by atoms with Crippen LogP contribution in [-0.2, 0) is 22.5 Å². The van der Waals surface area contributed by atoms with Crippen molar-refractivity contribution in [2.45, 2.75) is 129 Å². The second-order valence-corrected chi connectivity index (χ2v) is 12.5. The van der Waals surface area contributed by atoms with Crippen LogP contribution in [0.25, 0.3) is 0 Å². The van der Waals surface area contributed by atoms with E-state index < -0.39 is 0 Å². The lowest BCUT2D eigenvalue weighted by Gasteiger charge is -2.30. The molecule has 0 radical (unpaired) electrons. The maximum atomic E-state index is 12.4. The van der Waals surface area contributed by atoms with Crippen molar-refractivity contribution in [1.29, 1.82) is 0 Å². The normalized spacial score (nSPS) is 12.3. The van der Waals surface area contributed by atoms with Gasteiger partial charge in [-0.05, 0) is 43.7 Å². The zero-order valence-electron chi connectivity index (χ0n) is 26.9. The maximum absolute atomic E-state index is 12.4. The van der Waals surface area contributed by atoms with Crippen LogP contribution in [0.5, 0.6) is 5.75 Å². The third-order valence-corrected chi connectivity index (χ3v) is 8.05. The van der Waals surface area contributed by atoms with E-state index >= 15 is 0 Å². The lowest BCUT2D eigenvalue weighted by atomic mass is 10.0. The minimum Gasteiger partial charge on any atom is -0.487 e. The van der Waals surface area contributed by atoms with Crippen LogP contribution in [0.1, 0.15) is 121 Å². The number of unbranched alkanes of at least 4 members (excludes halogenated alkanes) is 11. The molecule has 2 rings (SSSR count). The van der Waals surface area contributed by atoms with E-state index in [1.165, 1.54) is 81.8 Å². The summed E-state index contributed by atoms with van der Waals surface area (Å²) in [6.45, 7) is 6.73. The first-order valence-corrected chi connectivity index (χ1v) is 16.7. The largest absolute Gasteiger partial charge is 0.487 e. The molecule has 0 saturated heterocycles. The molecule has 2 aromatic carbocycles. The van der Waals surface area contributed by atoms with Crippen LogP contribution >= 0.6 is 0 Å². The number of benzene rings is 2. The van der Waals surface area contributed by atoms with Crippen LogP contribution in [-0.4, -0.2) is 43.8 Å². The van der Waals surface area contributed by atoms with Gasteiger partial charge in [0.2, 0.25) is 0 Å². The number of hydrogen-bond acceptors (Lipinski definition) is 3. The third-order valence-electron chi connectivity index (χ3n) is 8.05. The third kappa shape index (κ3) is 16.6. The van der Waals surface area contributed by atoms with E-state index in [0.717, 1.165) is 49.0 Å². The highest BCUT2D eigenvalue weighted by molar-refractivity contribution is 5.69. The molecule has 41 heavy (non-hydrogen) atoms. The van der Waals surface area contributed by atoms with Gasteiger partial charge in [0.1, 0.15) is 25.0 Å². The minimum atomic E-state index is -0.116. The van der Waals surface area contributed by atoms with E-state index in [2.05, 4.69) is 76.5 Å². The topological polar surface area (TPSA) is 35.5 Å². The van der Waals surface area contributed by atoms with E-state index in [1.807, 2.05) is 6.07 Å². The Labute approximate surface area is 252 Å². The van der Waals surface area contributed by atoms with Gasteiger partial charge in [-0.15, -0.1) is 0 Å². The summed E-state index contributed by atoms with van der Waals surface area (Å²) in [7, 11) is 4.51. The summed E-state index contributed by atoms with van der Waals surface area (Å²) in [5.74, 6) is 0.829. The summed E-state index contributed by atoms with van der Waals surface area (Å²) >= 11 is 0. The molecule has 0 spiro atoms. The summed E-state index contributed by atoms with van der Waals surface area (Å²) < 4.78 is 12.9. The average Bonchev–Trinajstić information content (AvgIpc) is 2.97. The van der Waals surface area contributed by atoms with Crippen molar-refractivity contribution < 1.29 is 18.8 Å². The Bertz CT molecular complexity index is 927. The van der Waals surface area contributed by atoms with Crippen LogP contribution in [0.15, 0.2) is 54.6 Å². The number of ether oxygens (including phenoxy) is 2. The number of aryl methyl sites for hydroxylation is 1. The van der Waals surface area contributed by atoms with Gasteiger partial charge in [-0.25, -0.2) is 0 Å². The van der Waals surface area contributed by atoms with Gasteiger partial charge in [0.05, 0.1) is 20.6 Å². The number of quaternary nitrogens is 1. The molecule has 0 heterocycles. The Morgan fingerprint density at radius 2 is 1.34 bits per heavy atom. The highest BCUT2D eigenvalue weighted by Gasteiger charge is 2.17. The molecule has 0 aliphatic rings. The van der Waals surface area contributed by atoms with Gasteiger partial charge in [0.25, 0.3) is 0 Å². The quantitative estimate of drug-likeness (QED) is 0.0721. The van der Waals surface area contributed by atoms with Crippen molar-refractivity contribution in [3.05, 3.63) is 65.7 Å². The van der Waals surface area contributed by atoms with Crippen molar-refractivity contribution in [2.24, 2.45) is 0 Å². The van der Waals surface area contributed by atoms with Gasteiger partial charge < -0.3 is 14.0 Å². The Morgan fingerprint density at radius 3 is 2.00 bits per heavy atom. The van der Waals surface area contributed by atoms with Crippen LogP contribution in [0.3, 0.4) is 0 Å². The molecule has 4 nitrogen and oxygen atoms in total. The molecule has 0 saturated carbocycles. The molecule has 4 heteroatoms. The first-order chi connectivity index (χ1) is 19.9. The molecule has 1 unspecified atom stereocenters. The molecule has 230 valence electrons. The van der Waals surface area contributed by atoms with Gasteiger partial charge >= 0.3 is 5.97 Å². The first kappa shape index (κ1) is 34.9. The van der Waals surface area contributed by atoms with E-state index in [4.69, 9.17) is 9.47 Å². The van der Waals surface area contributed by atoms with Gasteiger partial charge in [0, 0.05) is 12.0 Å². The Morgan fingerprint density at radius 1 is 0.732 bits per heavy atom. The fourth-order valence-corrected chi connectivity index (χ4v) is 5.44. The fraction of sp³-hybridized carbons (Fsp3) is 0.649. The van der Waals surface area contributed by atoms with Crippen LogP contribution in [0, 0.1) is 0 Å². The molecular formula is C37H60NO3+. The summed E-state index contributed by atoms with van der Waals surface area (Å²) in [6.07, 6.45) is 19.0. The van der Waals surface area contributed by atoms with Gasteiger partial charge in [0.15, 0.2) is 0 Å². The molecule has 0 aliphatic heterocycles. The average molecular weight is 567 g/mol.